The minimum absolute atomic E-state index is 0.132. The monoisotopic (exact) mass is 414 g/mol. The van der Waals surface area contributed by atoms with E-state index in [0.29, 0.717) is 12.3 Å². The smallest absolute Gasteiger partial charge is 0.315 e. The zero-order valence-corrected chi connectivity index (χ0v) is 15.0. The maximum absolute atomic E-state index is 13.0. The number of nitrogens with one attached hydrogen (secondary N) is 2. The summed E-state index contributed by atoms with van der Waals surface area (Å²) in [5, 5.41) is 5.31. The van der Waals surface area contributed by atoms with Crippen molar-refractivity contribution in [1.82, 2.24) is 10.6 Å². The minimum Gasteiger partial charge on any atom is -0.496 e. The van der Waals surface area contributed by atoms with Gasteiger partial charge in [-0.05, 0) is 45.8 Å². The molecule has 2 aromatic carbocycles. The summed E-state index contributed by atoms with van der Waals surface area (Å²) in [7, 11) is 1.58. The van der Waals surface area contributed by atoms with Crippen molar-refractivity contribution in [3.8, 4) is 11.5 Å². The summed E-state index contributed by atoms with van der Waals surface area (Å²) in [4.78, 5) is 11.7. The molecule has 0 atom stereocenters. The van der Waals surface area contributed by atoms with Crippen LogP contribution in [0.15, 0.2) is 40.9 Å². The number of carbonyl (C=O) groups is 1. The van der Waals surface area contributed by atoms with Gasteiger partial charge < -0.3 is 20.1 Å². The fraction of sp³-hybridized carbons (Fsp3) is 0.235. The van der Waals surface area contributed by atoms with E-state index in [1.54, 1.807) is 13.2 Å². The van der Waals surface area contributed by atoms with Crippen molar-refractivity contribution < 1.29 is 23.0 Å². The lowest BCUT2D eigenvalue weighted by Gasteiger charge is -2.10. The first-order valence-corrected chi connectivity index (χ1v) is 8.21. The van der Waals surface area contributed by atoms with Crippen LogP contribution in [-0.4, -0.2) is 26.3 Å². The quantitative estimate of drug-likeness (QED) is 0.680. The number of amides is 2. The van der Waals surface area contributed by atoms with Crippen molar-refractivity contribution in [3.63, 3.8) is 0 Å². The Kier molecular flexibility index (Phi) is 7.00. The maximum Gasteiger partial charge on any atom is 0.315 e. The summed E-state index contributed by atoms with van der Waals surface area (Å²) in [5.74, 6) is -1.00. The van der Waals surface area contributed by atoms with Gasteiger partial charge >= 0.3 is 6.03 Å². The fourth-order valence-corrected chi connectivity index (χ4v) is 2.55. The van der Waals surface area contributed by atoms with Crippen LogP contribution in [0.5, 0.6) is 11.5 Å². The number of benzene rings is 2. The number of ether oxygens (including phenoxy) is 2. The molecule has 2 aromatic rings. The second-order valence-electron chi connectivity index (χ2n) is 5.00. The molecule has 0 aliphatic rings. The minimum atomic E-state index is -0.978. The first-order chi connectivity index (χ1) is 12.0. The van der Waals surface area contributed by atoms with Crippen molar-refractivity contribution >= 4 is 22.0 Å². The van der Waals surface area contributed by atoms with Crippen molar-refractivity contribution in [3.05, 3.63) is 58.1 Å². The van der Waals surface area contributed by atoms with Crippen LogP contribution in [0.25, 0.3) is 0 Å². The summed E-state index contributed by atoms with van der Waals surface area (Å²) in [6.45, 7) is 0.697. The van der Waals surface area contributed by atoms with Crippen molar-refractivity contribution in [1.29, 1.82) is 0 Å². The number of methoxy groups -OCH3 is 1. The molecule has 0 spiro atoms. The Labute approximate surface area is 152 Å². The van der Waals surface area contributed by atoms with E-state index in [2.05, 4.69) is 26.6 Å². The Morgan fingerprint density at radius 1 is 1.12 bits per heavy atom. The molecule has 0 saturated heterocycles. The van der Waals surface area contributed by atoms with Crippen LogP contribution < -0.4 is 20.1 Å². The topological polar surface area (TPSA) is 59.6 Å². The summed E-state index contributed by atoms with van der Waals surface area (Å²) >= 11 is 3.38. The molecule has 0 aromatic heterocycles. The predicted octanol–water partition coefficient (Wildman–Crippen LogP) is 3.61. The SMILES string of the molecule is COc1ccc(CNC(=O)NCCOc2ccc(F)c(F)c2)cc1Br. The average molecular weight is 415 g/mol. The highest BCUT2D eigenvalue weighted by Crippen LogP contribution is 2.25. The summed E-state index contributed by atoms with van der Waals surface area (Å²) in [6.07, 6.45) is 0. The first-order valence-electron chi connectivity index (χ1n) is 7.41. The highest BCUT2D eigenvalue weighted by Gasteiger charge is 2.05. The van der Waals surface area contributed by atoms with Gasteiger partial charge in [-0.25, -0.2) is 13.6 Å². The van der Waals surface area contributed by atoms with Gasteiger partial charge in [-0.15, -0.1) is 0 Å². The van der Waals surface area contributed by atoms with Crippen molar-refractivity contribution in [2.75, 3.05) is 20.3 Å². The Hall–Kier alpha value is -2.35. The Morgan fingerprint density at radius 2 is 1.92 bits per heavy atom. The van der Waals surface area contributed by atoms with Gasteiger partial charge in [0, 0.05) is 12.6 Å². The standard InChI is InChI=1S/C17H17BrF2N2O3/c1-24-16-5-2-11(8-13(16)18)10-22-17(23)21-6-7-25-12-3-4-14(19)15(20)9-12/h2-5,8-9H,6-7,10H2,1H3,(H2,21,22,23). The van der Waals surface area contributed by atoms with E-state index >= 15 is 0 Å². The molecule has 25 heavy (non-hydrogen) atoms. The van der Waals surface area contributed by atoms with E-state index < -0.39 is 11.6 Å². The molecule has 0 fully saturated rings. The molecular weight excluding hydrogens is 398 g/mol. The van der Waals surface area contributed by atoms with Crippen molar-refractivity contribution in [2.24, 2.45) is 0 Å². The van der Waals surface area contributed by atoms with E-state index in [0.717, 1.165) is 22.2 Å². The highest BCUT2D eigenvalue weighted by atomic mass is 79.9. The number of hydrogen-bond acceptors (Lipinski definition) is 3. The third-order valence-electron chi connectivity index (χ3n) is 3.22. The summed E-state index contributed by atoms with van der Waals surface area (Å²) in [5.41, 5.74) is 0.904. The molecule has 0 unspecified atom stereocenters. The molecule has 8 heteroatoms. The van der Waals surface area contributed by atoms with Crippen LogP contribution in [0.4, 0.5) is 13.6 Å². The number of rotatable bonds is 7. The second-order valence-corrected chi connectivity index (χ2v) is 5.86. The van der Waals surface area contributed by atoms with Gasteiger partial charge in [0.25, 0.3) is 0 Å². The lowest BCUT2D eigenvalue weighted by molar-refractivity contribution is 0.236. The third kappa shape index (κ3) is 5.90. The van der Waals surface area contributed by atoms with Gasteiger partial charge in [0.2, 0.25) is 0 Å². The van der Waals surface area contributed by atoms with E-state index in [1.165, 1.54) is 6.07 Å². The van der Waals surface area contributed by atoms with Crippen LogP contribution in [0.1, 0.15) is 5.56 Å². The molecule has 0 aliphatic heterocycles. The highest BCUT2D eigenvalue weighted by molar-refractivity contribution is 9.10. The lowest BCUT2D eigenvalue weighted by Crippen LogP contribution is -2.37. The van der Waals surface area contributed by atoms with Gasteiger partial charge in [0.1, 0.15) is 18.1 Å². The van der Waals surface area contributed by atoms with Gasteiger partial charge in [-0.3, -0.25) is 0 Å². The van der Waals surface area contributed by atoms with Gasteiger partial charge in [0.15, 0.2) is 11.6 Å². The molecule has 2 N–H and O–H groups in total. The third-order valence-corrected chi connectivity index (χ3v) is 3.84. The Morgan fingerprint density at radius 3 is 2.60 bits per heavy atom. The van der Waals surface area contributed by atoms with E-state index in [1.807, 2.05) is 12.1 Å². The Bertz CT molecular complexity index is 744. The van der Waals surface area contributed by atoms with Crippen molar-refractivity contribution in [2.45, 2.75) is 6.54 Å². The molecule has 2 rings (SSSR count). The number of urea groups is 1. The van der Waals surface area contributed by atoms with Gasteiger partial charge in [-0.2, -0.15) is 0 Å². The zero-order valence-electron chi connectivity index (χ0n) is 13.4. The van der Waals surface area contributed by atoms with E-state index in [-0.39, 0.29) is 24.9 Å². The molecule has 0 aliphatic carbocycles. The molecule has 0 heterocycles. The molecule has 0 radical (unpaired) electrons. The largest absolute Gasteiger partial charge is 0.496 e. The molecular formula is C17H17BrF2N2O3. The summed E-state index contributed by atoms with van der Waals surface area (Å²) in [6, 6.07) is 8.39. The van der Waals surface area contributed by atoms with Crippen LogP contribution in [-0.2, 0) is 6.54 Å². The maximum atomic E-state index is 13.0. The second kappa shape index (κ2) is 9.22. The fourth-order valence-electron chi connectivity index (χ4n) is 1.96. The van der Waals surface area contributed by atoms with Crippen LogP contribution >= 0.6 is 15.9 Å². The molecule has 2 amide bonds. The van der Waals surface area contributed by atoms with Crippen LogP contribution in [0.3, 0.4) is 0 Å². The van der Waals surface area contributed by atoms with Crippen LogP contribution in [0, 0.1) is 11.6 Å². The molecule has 134 valence electrons. The van der Waals surface area contributed by atoms with Gasteiger partial charge in [0.05, 0.1) is 18.1 Å². The molecule has 0 saturated carbocycles. The van der Waals surface area contributed by atoms with Crippen LogP contribution in [0.2, 0.25) is 0 Å². The normalized spacial score (nSPS) is 10.2. The molecule has 0 bridgehead atoms. The Balaban J connectivity index is 1.68. The molecule has 5 nitrogen and oxygen atoms in total. The predicted molar refractivity (Wildman–Crippen MR) is 92.8 cm³/mol. The first kappa shape index (κ1) is 19.0. The lowest BCUT2D eigenvalue weighted by atomic mass is 10.2. The summed E-state index contributed by atoms with van der Waals surface area (Å²) < 4.78 is 37.0. The van der Waals surface area contributed by atoms with Gasteiger partial charge in [-0.1, -0.05) is 6.07 Å². The average Bonchev–Trinajstić information content (AvgIpc) is 2.60. The van der Waals surface area contributed by atoms with E-state index in [4.69, 9.17) is 9.47 Å². The zero-order chi connectivity index (χ0) is 18.2. The number of hydrogen-bond donors (Lipinski definition) is 2. The number of carbonyl (C=O) groups excluding carboxylic acids is 1. The number of halogens is 3. The van der Waals surface area contributed by atoms with E-state index in [9.17, 15) is 13.6 Å².